The summed E-state index contributed by atoms with van der Waals surface area (Å²) in [6.07, 6.45) is 19.9. The van der Waals surface area contributed by atoms with Crippen molar-refractivity contribution in [2.75, 3.05) is 0 Å². The molecule has 0 bridgehead atoms. The molecule has 3 heteroatoms. The molecule has 0 atom stereocenters. The summed E-state index contributed by atoms with van der Waals surface area (Å²) in [6, 6.07) is 5.18. The van der Waals surface area contributed by atoms with E-state index in [0.717, 1.165) is 18.4 Å². The Morgan fingerprint density at radius 2 is 1.16 bits per heavy atom. The Hall–Kier alpha value is -1.64. The first kappa shape index (κ1) is 27.4. The van der Waals surface area contributed by atoms with E-state index in [4.69, 9.17) is 0 Å². The second-order valence-corrected chi connectivity index (χ2v) is 9.39. The second-order valence-electron chi connectivity index (χ2n) is 9.39. The number of unbranched alkanes of at least 4 members (excludes halogenated alkanes) is 14. The van der Waals surface area contributed by atoms with Gasteiger partial charge in [0.05, 0.1) is 5.56 Å². The predicted molar refractivity (Wildman–Crippen MR) is 131 cm³/mol. The first-order chi connectivity index (χ1) is 15.0. The van der Waals surface area contributed by atoms with Crippen molar-refractivity contribution in [3.8, 4) is 0 Å². The minimum Gasteiger partial charge on any atom is -0.478 e. The highest BCUT2D eigenvalue weighted by molar-refractivity contribution is 6.06. The smallest absolute Gasteiger partial charge is 0.336 e. The van der Waals surface area contributed by atoms with E-state index in [1.165, 1.54) is 83.5 Å². The Morgan fingerprint density at radius 1 is 0.710 bits per heavy atom. The molecular weight excluding hydrogens is 384 g/mol. The third-order valence-electron chi connectivity index (χ3n) is 6.25. The van der Waals surface area contributed by atoms with Crippen LogP contribution < -0.4 is 0 Å². The van der Waals surface area contributed by atoms with E-state index in [0.29, 0.717) is 12.0 Å². The minimum atomic E-state index is -1.02. The van der Waals surface area contributed by atoms with Crippen molar-refractivity contribution in [3.63, 3.8) is 0 Å². The fourth-order valence-electron chi connectivity index (χ4n) is 4.13. The quantitative estimate of drug-likeness (QED) is 0.176. The van der Waals surface area contributed by atoms with Gasteiger partial charge in [0.2, 0.25) is 0 Å². The van der Waals surface area contributed by atoms with Crippen LogP contribution in [0.1, 0.15) is 156 Å². The van der Waals surface area contributed by atoms with Crippen molar-refractivity contribution in [1.82, 2.24) is 0 Å². The van der Waals surface area contributed by atoms with Crippen LogP contribution in [0.25, 0.3) is 0 Å². The van der Waals surface area contributed by atoms with Gasteiger partial charge in [-0.1, -0.05) is 117 Å². The molecule has 0 radical (unpaired) electrons. The number of Topliss-reactive ketones (excluding diaryl/α,β-unsaturated/α-hetero) is 1. The first-order valence-corrected chi connectivity index (χ1v) is 12.9. The number of carbonyl (C=O) groups excluding carboxylic acids is 1. The van der Waals surface area contributed by atoms with Gasteiger partial charge in [-0.15, -0.1) is 0 Å². The molecule has 0 fully saturated rings. The van der Waals surface area contributed by atoms with Crippen molar-refractivity contribution < 1.29 is 14.7 Å². The van der Waals surface area contributed by atoms with E-state index in [9.17, 15) is 14.7 Å². The van der Waals surface area contributed by atoms with Gasteiger partial charge >= 0.3 is 5.97 Å². The molecule has 0 heterocycles. The van der Waals surface area contributed by atoms with Crippen molar-refractivity contribution in [1.29, 1.82) is 0 Å². The van der Waals surface area contributed by atoms with Crippen molar-refractivity contribution in [2.45, 2.75) is 129 Å². The summed E-state index contributed by atoms with van der Waals surface area (Å²) >= 11 is 0. The van der Waals surface area contributed by atoms with E-state index in [-0.39, 0.29) is 17.3 Å². The van der Waals surface area contributed by atoms with Gasteiger partial charge in [-0.05, 0) is 30.0 Å². The number of hydrogen-bond donors (Lipinski definition) is 1. The zero-order valence-corrected chi connectivity index (χ0v) is 20.4. The first-order valence-electron chi connectivity index (χ1n) is 12.9. The largest absolute Gasteiger partial charge is 0.478 e. The molecular formula is C28H46O3. The van der Waals surface area contributed by atoms with E-state index in [1.54, 1.807) is 12.1 Å². The number of benzene rings is 1. The molecule has 1 aromatic rings. The molecule has 0 aliphatic carbocycles. The highest BCUT2D eigenvalue weighted by Crippen LogP contribution is 2.22. The lowest BCUT2D eigenvalue weighted by atomic mass is 9.93. The Balaban J connectivity index is 2.11. The van der Waals surface area contributed by atoms with E-state index in [2.05, 4.69) is 20.8 Å². The van der Waals surface area contributed by atoms with Gasteiger partial charge in [-0.2, -0.15) is 0 Å². The summed E-state index contributed by atoms with van der Waals surface area (Å²) in [5.41, 5.74) is 1.53. The third kappa shape index (κ3) is 12.1. The van der Waals surface area contributed by atoms with Gasteiger partial charge in [-0.3, -0.25) is 4.79 Å². The van der Waals surface area contributed by atoms with E-state index < -0.39 is 5.97 Å². The fraction of sp³-hybridized carbons (Fsp3) is 0.714. The molecule has 0 amide bonds. The number of rotatable bonds is 19. The Labute approximate surface area is 191 Å². The monoisotopic (exact) mass is 430 g/mol. The number of aromatic carboxylic acids is 1. The van der Waals surface area contributed by atoms with Crippen molar-refractivity contribution in [3.05, 3.63) is 34.9 Å². The number of carboxylic acids is 1. The summed E-state index contributed by atoms with van der Waals surface area (Å²) in [5, 5.41) is 9.40. The van der Waals surface area contributed by atoms with Gasteiger partial charge in [0.15, 0.2) is 5.78 Å². The van der Waals surface area contributed by atoms with Crippen LogP contribution in [-0.2, 0) is 0 Å². The molecule has 0 saturated heterocycles. The summed E-state index contributed by atoms with van der Waals surface area (Å²) in [5.74, 6) is -0.773. The summed E-state index contributed by atoms with van der Waals surface area (Å²) < 4.78 is 0. The maximum Gasteiger partial charge on any atom is 0.336 e. The molecule has 0 aliphatic rings. The molecule has 1 rings (SSSR count). The van der Waals surface area contributed by atoms with Crippen LogP contribution in [0, 0.1) is 0 Å². The predicted octanol–water partition coefficient (Wildman–Crippen LogP) is 8.95. The topological polar surface area (TPSA) is 54.4 Å². The SMILES string of the molecule is CCCCCCCCCCCCCCCCCC(=O)c1cc(C(C)C)ccc1C(=O)O. The zero-order chi connectivity index (χ0) is 22.9. The Bertz CT molecular complexity index is 633. The molecule has 0 aliphatic heterocycles. The molecule has 0 saturated carbocycles. The Kier molecular flexibility index (Phi) is 15.0. The average molecular weight is 431 g/mol. The lowest BCUT2D eigenvalue weighted by Gasteiger charge is -2.11. The van der Waals surface area contributed by atoms with Crippen LogP contribution in [0.5, 0.6) is 0 Å². The summed E-state index contributed by atoms with van der Waals surface area (Å²) in [6.45, 7) is 6.38. The lowest BCUT2D eigenvalue weighted by Crippen LogP contribution is -2.10. The summed E-state index contributed by atoms with van der Waals surface area (Å²) in [4.78, 5) is 24.1. The molecule has 176 valence electrons. The zero-order valence-electron chi connectivity index (χ0n) is 20.4. The highest BCUT2D eigenvalue weighted by Gasteiger charge is 2.17. The molecule has 1 aromatic carbocycles. The standard InChI is InChI=1S/C28H46O3/c1-4-5-6-7-8-9-10-11-12-13-14-15-16-17-18-19-27(29)26-22-24(23(2)3)20-21-25(26)28(30)31/h20-23H,4-19H2,1-3H3,(H,30,31). The molecule has 1 N–H and O–H groups in total. The van der Waals surface area contributed by atoms with Gasteiger partial charge in [0, 0.05) is 12.0 Å². The van der Waals surface area contributed by atoms with Gasteiger partial charge in [0.25, 0.3) is 0 Å². The lowest BCUT2D eigenvalue weighted by molar-refractivity contribution is 0.0691. The van der Waals surface area contributed by atoms with Crippen molar-refractivity contribution >= 4 is 11.8 Å². The number of hydrogen-bond acceptors (Lipinski definition) is 2. The van der Waals surface area contributed by atoms with Crippen LogP contribution in [0.15, 0.2) is 18.2 Å². The average Bonchev–Trinajstić information content (AvgIpc) is 2.75. The number of carboxylic acid groups (broad SMARTS) is 1. The van der Waals surface area contributed by atoms with E-state index >= 15 is 0 Å². The highest BCUT2D eigenvalue weighted by atomic mass is 16.4. The molecule has 3 nitrogen and oxygen atoms in total. The van der Waals surface area contributed by atoms with Crippen LogP contribution >= 0.6 is 0 Å². The molecule has 0 aromatic heterocycles. The van der Waals surface area contributed by atoms with Gasteiger partial charge < -0.3 is 5.11 Å². The van der Waals surface area contributed by atoms with Crippen LogP contribution in [0.3, 0.4) is 0 Å². The van der Waals surface area contributed by atoms with Gasteiger partial charge in [0.1, 0.15) is 0 Å². The third-order valence-corrected chi connectivity index (χ3v) is 6.25. The number of carbonyl (C=O) groups is 2. The normalized spacial score (nSPS) is 11.2. The number of ketones is 1. The van der Waals surface area contributed by atoms with Crippen LogP contribution in [-0.4, -0.2) is 16.9 Å². The van der Waals surface area contributed by atoms with E-state index in [1.807, 2.05) is 6.07 Å². The molecule has 31 heavy (non-hydrogen) atoms. The Morgan fingerprint density at radius 3 is 1.58 bits per heavy atom. The minimum absolute atomic E-state index is 0.0328. The second kappa shape index (κ2) is 17.0. The van der Waals surface area contributed by atoms with Crippen LogP contribution in [0.4, 0.5) is 0 Å². The molecule has 0 unspecified atom stereocenters. The molecule has 0 spiro atoms. The summed E-state index contributed by atoms with van der Waals surface area (Å²) in [7, 11) is 0. The van der Waals surface area contributed by atoms with Crippen LogP contribution in [0.2, 0.25) is 0 Å². The van der Waals surface area contributed by atoms with Crippen molar-refractivity contribution in [2.24, 2.45) is 0 Å². The fourth-order valence-corrected chi connectivity index (χ4v) is 4.13. The van der Waals surface area contributed by atoms with Gasteiger partial charge in [-0.25, -0.2) is 4.79 Å². The maximum atomic E-state index is 12.6. The maximum absolute atomic E-state index is 12.6.